The van der Waals surface area contributed by atoms with E-state index < -0.39 is 11.6 Å². The highest BCUT2D eigenvalue weighted by Gasteiger charge is 2.31. The first-order chi connectivity index (χ1) is 5.55. The predicted molar refractivity (Wildman–Crippen MR) is 47.3 cm³/mol. The third-order valence-corrected chi connectivity index (χ3v) is 1.75. The molecule has 0 aliphatic rings. The second-order valence-corrected chi connectivity index (χ2v) is 2.74. The van der Waals surface area contributed by atoms with Gasteiger partial charge in [0.2, 0.25) is 0 Å². The lowest BCUT2D eigenvalue weighted by molar-refractivity contribution is -0.157. The summed E-state index contributed by atoms with van der Waals surface area (Å²) in [6, 6.07) is 8.29. The topological polar surface area (TPSA) is 89.0 Å². The monoisotopic (exact) mass is 184 g/mol. The SMILES string of the molecule is CC(O)(C(=O)O)c1ccccc1.O. The van der Waals surface area contributed by atoms with E-state index in [9.17, 15) is 9.90 Å². The lowest BCUT2D eigenvalue weighted by Crippen LogP contribution is -2.31. The summed E-state index contributed by atoms with van der Waals surface area (Å²) in [4.78, 5) is 10.6. The number of carboxylic acid groups (broad SMARTS) is 1. The van der Waals surface area contributed by atoms with Crippen molar-refractivity contribution in [2.45, 2.75) is 12.5 Å². The molecule has 0 saturated heterocycles. The van der Waals surface area contributed by atoms with Gasteiger partial charge in [-0.1, -0.05) is 30.3 Å². The molecular formula is C9H12O4. The maximum Gasteiger partial charge on any atom is 0.340 e. The third-order valence-electron chi connectivity index (χ3n) is 1.75. The van der Waals surface area contributed by atoms with Crippen LogP contribution >= 0.6 is 0 Å². The number of hydrogen-bond acceptors (Lipinski definition) is 2. The highest BCUT2D eigenvalue weighted by atomic mass is 16.4. The van der Waals surface area contributed by atoms with E-state index in [1.54, 1.807) is 30.3 Å². The minimum atomic E-state index is -1.79. The molecule has 1 aromatic rings. The van der Waals surface area contributed by atoms with Crippen LogP contribution in [0.25, 0.3) is 0 Å². The van der Waals surface area contributed by atoms with Crippen LogP contribution in [-0.4, -0.2) is 21.7 Å². The molecule has 1 rings (SSSR count). The number of aliphatic carboxylic acids is 1. The van der Waals surface area contributed by atoms with Gasteiger partial charge in [-0.2, -0.15) is 0 Å². The van der Waals surface area contributed by atoms with Crippen LogP contribution in [0.5, 0.6) is 0 Å². The van der Waals surface area contributed by atoms with Crippen LogP contribution in [0, 0.1) is 0 Å². The Balaban J connectivity index is 0.00000144. The molecule has 1 aromatic carbocycles. The summed E-state index contributed by atoms with van der Waals surface area (Å²) in [6.45, 7) is 1.25. The van der Waals surface area contributed by atoms with Crippen molar-refractivity contribution >= 4 is 5.97 Å². The smallest absolute Gasteiger partial charge is 0.340 e. The Morgan fingerprint density at radius 2 is 1.77 bits per heavy atom. The maximum absolute atomic E-state index is 10.6. The molecule has 1 atom stereocenters. The highest BCUT2D eigenvalue weighted by Crippen LogP contribution is 2.19. The van der Waals surface area contributed by atoms with E-state index in [-0.39, 0.29) is 5.48 Å². The maximum atomic E-state index is 10.6. The first-order valence-corrected chi connectivity index (χ1v) is 3.56. The number of carboxylic acids is 1. The van der Waals surface area contributed by atoms with Crippen LogP contribution < -0.4 is 0 Å². The van der Waals surface area contributed by atoms with Crippen LogP contribution in [0.2, 0.25) is 0 Å². The number of rotatable bonds is 2. The van der Waals surface area contributed by atoms with Gasteiger partial charge in [0.25, 0.3) is 0 Å². The molecular weight excluding hydrogens is 172 g/mol. The Morgan fingerprint density at radius 3 is 2.15 bits per heavy atom. The van der Waals surface area contributed by atoms with E-state index in [4.69, 9.17) is 5.11 Å². The highest BCUT2D eigenvalue weighted by molar-refractivity contribution is 5.78. The van der Waals surface area contributed by atoms with E-state index in [0.717, 1.165) is 0 Å². The van der Waals surface area contributed by atoms with E-state index in [0.29, 0.717) is 5.56 Å². The Labute approximate surface area is 75.8 Å². The van der Waals surface area contributed by atoms with Crippen molar-refractivity contribution in [3.05, 3.63) is 35.9 Å². The molecule has 4 N–H and O–H groups in total. The fourth-order valence-corrected chi connectivity index (χ4v) is 0.886. The van der Waals surface area contributed by atoms with Crippen molar-refractivity contribution in [1.82, 2.24) is 0 Å². The minimum Gasteiger partial charge on any atom is -0.479 e. The van der Waals surface area contributed by atoms with Crippen molar-refractivity contribution in [3.8, 4) is 0 Å². The van der Waals surface area contributed by atoms with Crippen LogP contribution in [-0.2, 0) is 10.4 Å². The summed E-state index contributed by atoms with van der Waals surface area (Å²) in [5, 5.41) is 18.1. The van der Waals surface area contributed by atoms with Gasteiger partial charge in [0.15, 0.2) is 5.60 Å². The predicted octanol–water partition coefficient (Wildman–Crippen LogP) is 0.154. The van der Waals surface area contributed by atoms with Crippen molar-refractivity contribution in [1.29, 1.82) is 0 Å². The van der Waals surface area contributed by atoms with Gasteiger partial charge in [0.1, 0.15) is 0 Å². The van der Waals surface area contributed by atoms with Gasteiger partial charge in [-0.05, 0) is 12.5 Å². The lowest BCUT2D eigenvalue weighted by Gasteiger charge is -2.17. The standard InChI is InChI=1S/C9H10O3.H2O/c1-9(12,8(10)11)7-5-3-2-4-6-7;/h2-6,12H,1H3,(H,10,11);1H2. The zero-order chi connectivity index (χ0) is 9.19. The van der Waals surface area contributed by atoms with Crippen molar-refractivity contribution in [3.63, 3.8) is 0 Å². The molecule has 0 aliphatic carbocycles. The number of benzene rings is 1. The Morgan fingerprint density at radius 1 is 1.31 bits per heavy atom. The summed E-state index contributed by atoms with van der Waals surface area (Å²) < 4.78 is 0. The molecule has 4 nitrogen and oxygen atoms in total. The average molecular weight is 184 g/mol. The molecule has 72 valence electrons. The van der Waals surface area contributed by atoms with E-state index in [2.05, 4.69) is 0 Å². The van der Waals surface area contributed by atoms with Crippen molar-refractivity contribution in [2.24, 2.45) is 0 Å². The first-order valence-electron chi connectivity index (χ1n) is 3.56. The van der Waals surface area contributed by atoms with E-state index >= 15 is 0 Å². The molecule has 13 heavy (non-hydrogen) atoms. The van der Waals surface area contributed by atoms with Crippen molar-refractivity contribution < 1.29 is 20.5 Å². The van der Waals surface area contributed by atoms with E-state index in [1.807, 2.05) is 0 Å². The zero-order valence-electron chi connectivity index (χ0n) is 7.19. The third kappa shape index (κ3) is 2.27. The van der Waals surface area contributed by atoms with Crippen LogP contribution in [0.3, 0.4) is 0 Å². The summed E-state index contributed by atoms with van der Waals surface area (Å²) >= 11 is 0. The Kier molecular flexibility index (Phi) is 3.59. The van der Waals surface area contributed by atoms with Gasteiger partial charge in [-0.15, -0.1) is 0 Å². The zero-order valence-corrected chi connectivity index (χ0v) is 7.19. The Hall–Kier alpha value is -1.39. The molecule has 0 spiro atoms. The molecule has 0 fully saturated rings. The second-order valence-electron chi connectivity index (χ2n) is 2.74. The van der Waals surface area contributed by atoms with Crippen LogP contribution in [0.15, 0.2) is 30.3 Å². The second kappa shape index (κ2) is 4.02. The molecule has 0 saturated carbocycles. The Bertz CT molecular complexity index is 279. The molecule has 0 aliphatic heterocycles. The molecule has 0 heterocycles. The number of aliphatic hydroxyl groups is 1. The minimum absolute atomic E-state index is 0. The normalized spacial score (nSPS) is 14.0. The van der Waals surface area contributed by atoms with Gasteiger partial charge >= 0.3 is 5.97 Å². The summed E-state index contributed by atoms with van der Waals surface area (Å²) in [6.07, 6.45) is 0. The van der Waals surface area contributed by atoms with Gasteiger partial charge < -0.3 is 15.7 Å². The fraction of sp³-hybridized carbons (Fsp3) is 0.222. The van der Waals surface area contributed by atoms with Crippen LogP contribution in [0.1, 0.15) is 12.5 Å². The molecule has 0 bridgehead atoms. The number of hydrogen-bond donors (Lipinski definition) is 2. The van der Waals surface area contributed by atoms with E-state index in [1.165, 1.54) is 6.92 Å². The van der Waals surface area contributed by atoms with Gasteiger partial charge in [-0.3, -0.25) is 0 Å². The molecule has 0 aromatic heterocycles. The first kappa shape index (κ1) is 11.6. The summed E-state index contributed by atoms with van der Waals surface area (Å²) in [7, 11) is 0. The average Bonchev–Trinajstić information content (AvgIpc) is 2.06. The van der Waals surface area contributed by atoms with Gasteiger partial charge in [0.05, 0.1) is 0 Å². The number of carbonyl (C=O) groups is 1. The van der Waals surface area contributed by atoms with Crippen LogP contribution in [0.4, 0.5) is 0 Å². The quantitative estimate of drug-likeness (QED) is 0.685. The fourth-order valence-electron chi connectivity index (χ4n) is 0.886. The summed E-state index contributed by atoms with van der Waals surface area (Å²) in [5.74, 6) is -1.24. The summed E-state index contributed by atoms with van der Waals surface area (Å²) in [5.41, 5.74) is -1.40. The molecule has 0 amide bonds. The van der Waals surface area contributed by atoms with Crippen molar-refractivity contribution in [2.75, 3.05) is 0 Å². The van der Waals surface area contributed by atoms with Gasteiger partial charge in [0, 0.05) is 0 Å². The molecule has 1 unspecified atom stereocenters. The van der Waals surface area contributed by atoms with Gasteiger partial charge in [-0.25, -0.2) is 4.79 Å². The molecule has 4 heteroatoms. The lowest BCUT2D eigenvalue weighted by atomic mass is 9.97. The molecule has 0 radical (unpaired) electrons. The largest absolute Gasteiger partial charge is 0.479 e.